The zero-order valence-electron chi connectivity index (χ0n) is 14.9. The van der Waals surface area contributed by atoms with E-state index in [-0.39, 0.29) is 5.91 Å². The van der Waals surface area contributed by atoms with Gasteiger partial charge in [0.05, 0.1) is 6.54 Å². The van der Waals surface area contributed by atoms with E-state index < -0.39 is 0 Å². The first-order chi connectivity index (χ1) is 12.2. The van der Waals surface area contributed by atoms with Crippen LogP contribution in [0.25, 0.3) is 0 Å². The summed E-state index contributed by atoms with van der Waals surface area (Å²) in [5.41, 5.74) is 0.859. The van der Waals surface area contributed by atoms with Crippen molar-refractivity contribution in [3.8, 4) is 0 Å². The number of anilines is 1. The van der Waals surface area contributed by atoms with Gasteiger partial charge in [-0.2, -0.15) is 0 Å². The number of benzene rings is 1. The van der Waals surface area contributed by atoms with Crippen molar-refractivity contribution in [1.29, 1.82) is 0 Å². The first-order valence-corrected chi connectivity index (χ1v) is 9.04. The van der Waals surface area contributed by atoms with E-state index in [9.17, 15) is 4.79 Å². The van der Waals surface area contributed by atoms with Crippen molar-refractivity contribution in [2.45, 2.75) is 19.9 Å². The molecule has 1 aromatic carbocycles. The molecular weight excluding hydrogens is 314 g/mol. The summed E-state index contributed by atoms with van der Waals surface area (Å²) in [4.78, 5) is 21.2. The van der Waals surface area contributed by atoms with Crippen LogP contribution in [-0.2, 0) is 17.8 Å². The third kappa shape index (κ3) is 5.14. The molecule has 1 aliphatic rings. The molecule has 0 aliphatic carbocycles. The Kier molecular flexibility index (Phi) is 6.19. The number of imidazole rings is 1. The van der Waals surface area contributed by atoms with Crippen LogP contribution in [0.15, 0.2) is 42.7 Å². The Labute approximate surface area is 149 Å². The van der Waals surface area contributed by atoms with Crippen LogP contribution in [0.2, 0.25) is 0 Å². The van der Waals surface area contributed by atoms with Crippen LogP contribution in [0.3, 0.4) is 0 Å². The van der Waals surface area contributed by atoms with Gasteiger partial charge in [-0.15, -0.1) is 0 Å². The quantitative estimate of drug-likeness (QED) is 0.833. The molecular formula is C19H27N5O. The lowest BCUT2D eigenvalue weighted by atomic mass is 10.3. The first kappa shape index (κ1) is 17.6. The van der Waals surface area contributed by atoms with E-state index in [1.807, 2.05) is 36.5 Å². The molecule has 0 bridgehead atoms. The highest BCUT2D eigenvalue weighted by atomic mass is 16.2. The zero-order valence-corrected chi connectivity index (χ0v) is 14.9. The molecule has 6 nitrogen and oxygen atoms in total. The van der Waals surface area contributed by atoms with Gasteiger partial charge in [-0.3, -0.25) is 14.6 Å². The van der Waals surface area contributed by atoms with Gasteiger partial charge in [-0.25, -0.2) is 4.98 Å². The fourth-order valence-electron chi connectivity index (χ4n) is 3.20. The monoisotopic (exact) mass is 341 g/mol. The van der Waals surface area contributed by atoms with Crippen molar-refractivity contribution >= 4 is 11.6 Å². The minimum Gasteiger partial charge on any atom is -0.334 e. The second kappa shape index (κ2) is 8.78. The first-order valence-electron chi connectivity index (χ1n) is 9.04. The number of hydrogen-bond acceptors (Lipinski definition) is 4. The minimum atomic E-state index is 0.0608. The van der Waals surface area contributed by atoms with Gasteiger partial charge in [0, 0.05) is 63.8 Å². The van der Waals surface area contributed by atoms with Gasteiger partial charge in [0.25, 0.3) is 0 Å². The van der Waals surface area contributed by atoms with Crippen molar-refractivity contribution in [3.05, 3.63) is 48.5 Å². The number of aryl methyl sites for hydroxylation is 1. The van der Waals surface area contributed by atoms with Gasteiger partial charge in [-0.1, -0.05) is 25.1 Å². The van der Waals surface area contributed by atoms with Gasteiger partial charge < -0.3 is 9.88 Å². The lowest BCUT2D eigenvalue weighted by molar-refractivity contribution is -0.117. The van der Waals surface area contributed by atoms with Crippen molar-refractivity contribution in [2.24, 2.45) is 0 Å². The smallest absolute Gasteiger partial charge is 0.238 e. The molecule has 1 aromatic heterocycles. The lowest BCUT2D eigenvalue weighted by Gasteiger charge is -2.34. The van der Waals surface area contributed by atoms with E-state index in [0.717, 1.165) is 57.2 Å². The number of para-hydroxylation sites is 1. The highest BCUT2D eigenvalue weighted by Gasteiger charge is 2.19. The fraction of sp³-hybridized carbons (Fsp3) is 0.474. The fourth-order valence-corrected chi connectivity index (χ4v) is 3.20. The summed E-state index contributed by atoms with van der Waals surface area (Å²) >= 11 is 0. The molecule has 0 saturated carbocycles. The zero-order chi connectivity index (χ0) is 17.5. The number of carbonyl (C=O) groups is 1. The minimum absolute atomic E-state index is 0.0608. The molecule has 1 N–H and O–H groups in total. The van der Waals surface area contributed by atoms with E-state index in [0.29, 0.717) is 6.54 Å². The Bertz CT molecular complexity index is 661. The molecule has 2 aromatic rings. The van der Waals surface area contributed by atoms with Crippen LogP contribution in [0.5, 0.6) is 0 Å². The Balaban J connectivity index is 1.37. The molecule has 0 atom stereocenters. The topological polar surface area (TPSA) is 53.4 Å². The van der Waals surface area contributed by atoms with Crippen LogP contribution in [-0.4, -0.2) is 64.5 Å². The normalized spacial score (nSPS) is 16.0. The number of hydrogen-bond donors (Lipinski definition) is 1. The van der Waals surface area contributed by atoms with Crippen molar-refractivity contribution in [3.63, 3.8) is 0 Å². The van der Waals surface area contributed by atoms with E-state index in [1.54, 1.807) is 0 Å². The number of aromatic nitrogens is 2. The van der Waals surface area contributed by atoms with E-state index in [4.69, 9.17) is 0 Å². The highest BCUT2D eigenvalue weighted by molar-refractivity contribution is 5.92. The molecule has 1 fully saturated rings. The van der Waals surface area contributed by atoms with Gasteiger partial charge in [0.15, 0.2) is 0 Å². The molecule has 1 amide bonds. The number of nitrogens with zero attached hydrogens (tertiary/aromatic N) is 4. The molecule has 3 rings (SSSR count). The molecule has 0 spiro atoms. The SMILES string of the molecule is CCc1nccn1CCN1CCN(CC(=O)Nc2ccccc2)CC1. The maximum absolute atomic E-state index is 12.1. The average molecular weight is 341 g/mol. The molecule has 134 valence electrons. The second-order valence-corrected chi connectivity index (χ2v) is 6.42. The lowest BCUT2D eigenvalue weighted by Crippen LogP contribution is -2.49. The molecule has 25 heavy (non-hydrogen) atoms. The van der Waals surface area contributed by atoms with Crippen LogP contribution in [0.1, 0.15) is 12.7 Å². The molecule has 1 aliphatic heterocycles. The third-order valence-corrected chi connectivity index (χ3v) is 4.66. The predicted octanol–water partition coefficient (Wildman–Crippen LogP) is 1.70. The van der Waals surface area contributed by atoms with Gasteiger partial charge in [0.2, 0.25) is 5.91 Å². The number of piperazine rings is 1. The molecule has 0 radical (unpaired) electrons. The van der Waals surface area contributed by atoms with Gasteiger partial charge in [-0.05, 0) is 12.1 Å². The summed E-state index contributed by atoms with van der Waals surface area (Å²) < 4.78 is 2.24. The van der Waals surface area contributed by atoms with Crippen LogP contribution >= 0.6 is 0 Å². The highest BCUT2D eigenvalue weighted by Crippen LogP contribution is 2.07. The summed E-state index contributed by atoms with van der Waals surface area (Å²) in [5, 5.41) is 2.95. The summed E-state index contributed by atoms with van der Waals surface area (Å²) in [5.74, 6) is 1.21. The summed E-state index contributed by atoms with van der Waals surface area (Å²) in [7, 11) is 0. The van der Waals surface area contributed by atoms with Crippen LogP contribution in [0, 0.1) is 0 Å². The maximum atomic E-state index is 12.1. The second-order valence-electron chi connectivity index (χ2n) is 6.42. The molecule has 6 heteroatoms. The van der Waals surface area contributed by atoms with E-state index >= 15 is 0 Å². The van der Waals surface area contributed by atoms with Crippen LogP contribution in [0.4, 0.5) is 5.69 Å². The third-order valence-electron chi connectivity index (χ3n) is 4.66. The Morgan fingerprint density at radius 1 is 1.08 bits per heavy atom. The van der Waals surface area contributed by atoms with Gasteiger partial charge in [0.1, 0.15) is 5.82 Å². The number of carbonyl (C=O) groups excluding carboxylic acids is 1. The standard InChI is InChI=1S/C19H27N5O/c1-2-18-20-8-9-24(18)15-14-22-10-12-23(13-11-22)16-19(25)21-17-6-4-3-5-7-17/h3-9H,2,10-16H2,1H3,(H,21,25). The van der Waals surface area contributed by atoms with Crippen molar-refractivity contribution in [2.75, 3.05) is 44.6 Å². The molecule has 2 heterocycles. The molecule has 0 unspecified atom stereocenters. The van der Waals surface area contributed by atoms with Crippen molar-refractivity contribution in [1.82, 2.24) is 19.4 Å². The maximum Gasteiger partial charge on any atom is 0.238 e. The van der Waals surface area contributed by atoms with E-state index in [2.05, 4.69) is 37.8 Å². The largest absolute Gasteiger partial charge is 0.334 e. The number of rotatable bonds is 7. The van der Waals surface area contributed by atoms with Gasteiger partial charge >= 0.3 is 0 Å². The Hall–Kier alpha value is -2.18. The Morgan fingerprint density at radius 2 is 1.80 bits per heavy atom. The summed E-state index contributed by atoms with van der Waals surface area (Å²) in [6.45, 7) is 8.51. The summed E-state index contributed by atoms with van der Waals surface area (Å²) in [6, 6.07) is 9.63. The van der Waals surface area contributed by atoms with Crippen LogP contribution < -0.4 is 5.32 Å². The molecule has 1 saturated heterocycles. The van der Waals surface area contributed by atoms with Crippen molar-refractivity contribution < 1.29 is 4.79 Å². The summed E-state index contributed by atoms with van der Waals surface area (Å²) in [6.07, 6.45) is 4.91. The van der Waals surface area contributed by atoms with E-state index in [1.165, 1.54) is 0 Å². The predicted molar refractivity (Wildman–Crippen MR) is 99.6 cm³/mol. The Morgan fingerprint density at radius 3 is 2.52 bits per heavy atom. The average Bonchev–Trinajstić information content (AvgIpc) is 3.09. The number of nitrogens with one attached hydrogen (secondary N) is 1. The number of amides is 1.